The summed E-state index contributed by atoms with van der Waals surface area (Å²) in [5, 5.41) is 12.5. The molecule has 2 aromatic rings. The van der Waals surface area contributed by atoms with Crippen LogP contribution in [0.15, 0.2) is 47.6 Å². The highest BCUT2D eigenvalue weighted by Crippen LogP contribution is 2.15. The van der Waals surface area contributed by atoms with Crippen LogP contribution in [-0.4, -0.2) is 19.8 Å². The molecule has 0 saturated heterocycles. The van der Waals surface area contributed by atoms with Gasteiger partial charge in [-0.1, -0.05) is 12.1 Å². The fraction of sp³-hybridized carbons (Fsp3) is 0.176. The van der Waals surface area contributed by atoms with Gasteiger partial charge >= 0.3 is 0 Å². The quantitative estimate of drug-likeness (QED) is 0.652. The summed E-state index contributed by atoms with van der Waals surface area (Å²) in [5.74, 6) is -1.33. The molecule has 0 bridgehead atoms. The molecule has 0 radical (unpaired) electrons. The second-order valence-corrected chi connectivity index (χ2v) is 4.92. The van der Waals surface area contributed by atoms with Gasteiger partial charge < -0.3 is 4.90 Å². The summed E-state index contributed by atoms with van der Waals surface area (Å²) in [6.07, 6.45) is 2.01. The van der Waals surface area contributed by atoms with E-state index in [4.69, 9.17) is 5.26 Å². The number of hydrazone groups is 1. The van der Waals surface area contributed by atoms with Crippen molar-refractivity contribution in [2.24, 2.45) is 5.10 Å². The maximum absolute atomic E-state index is 13.4. The summed E-state index contributed by atoms with van der Waals surface area (Å²) in [4.78, 5) is 1.98. The number of nitrogens with zero attached hydrogens (tertiary/aromatic N) is 3. The molecule has 0 spiro atoms. The molecule has 0 atom stereocenters. The topological polar surface area (TPSA) is 51.4 Å². The van der Waals surface area contributed by atoms with Crippen molar-refractivity contribution in [1.29, 1.82) is 5.26 Å². The van der Waals surface area contributed by atoms with E-state index < -0.39 is 11.6 Å². The Hall–Kier alpha value is -2.94. The lowest BCUT2D eigenvalue weighted by Crippen LogP contribution is -2.17. The molecule has 0 saturated carbocycles. The number of hydrogen-bond acceptors (Lipinski definition) is 4. The van der Waals surface area contributed by atoms with E-state index in [1.807, 2.05) is 36.2 Å². The van der Waals surface area contributed by atoms with Crippen LogP contribution in [0.3, 0.4) is 0 Å². The van der Waals surface area contributed by atoms with Crippen LogP contribution in [0, 0.1) is 23.0 Å². The first-order valence-electron chi connectivity index (χ1n) is 7.02. The highest BCUT2D eigenvalue weighted by atomic mass is 19.1. The first kappa shape index (κ1) is 16.4. The average molecular weight is 314 g/mol. The number of rotatable bonds is 6. The number of nitrogens with one attached hydrogen (secondary N) is 1. The molecule has 0 aliphatic heterocycles. The molecule has 0 amide bonds. The van der Waals surface area contributed by atoms with Gasteiger partial charge in [-0.25, -0.2) is 8.78 Å². The van der Waals surface area contributed by atoms with Gasteiger partial charge in [0.2, 0.25) is 0 Å². The van der Waals surface area contributed by atoms with Gasteiger partial charge in [-0.15, -0.1) is 0 Å². The van der Waals surface area contributed by atoms with Gasteiger partial charge in [-0.2, -0.15) is 10.4 Å². The van der Waals surface area contributed by atoms with E-state index in [1.54, 1.807) is 6.21 Å². The van der Waals surface area contributed by atoms with E-state index in [0.717, 1.165) is 23.4 Å². The predicted molar refractivity (Wildman–Crippen MR) is 87.5 cm³/mol. The molecule has 0 heterocycles. The zero-order valence-corrected chi connectivity index (χ0v) is 12.6. The number of benzene rings is 2. The Morgan fingerprint density at radius 2 is 1.96 bits per heavy atom. The summed E-state index contributed by atoms with van der Waals surface area (Å²) in [6.45, 7) is 0.662. The fourth-order valence-electron chi connectivity index (χ4n) is 1.92. The normalized spacial score (nSPS) is 10.5. The van der Waals surface area contributed by atoms with Crippen LogP contribution in [-0.2, 0) is 0 Å². The molecular formula is C17H16F2N4. The van der Waals surface area contributed by atoms with Crippen LogP contribution in [0.2, 0.25) is 0 Å². The molecule has 0 aliphatic carbocycles. The van der Waals surface area contributed by atoms with Crippen molar-refractivity contribution in [3.63, 3.8) is 0 Å². The van der Waals surface area contributed by atoms with Crippen LogP contribution in [0.4, 0.5) is 20.2 Å². The molecule has 23 heavy (non-hydrogen) atoms. The Bertz CT molecular complexity index is 720. The maximum Gasteiger partial charge on any atom is 0.151 e. The lowest BCUT2D eigenvalue weighted by Gasteiger charge is -2.17. The molecule has 4 nitrogen and oxygen atoms in total. The summed E-state index contributed by atoms with van der Waals surface area (Å²) in [6, 6.07) is 12.9. The minimum atomic E-state index is -0.698. The van der Waals surface area contributed by atoms with Crippen molar-refractivity contribution in [3.05, 3.63) is 59.7 Å². The van der Waals surface area contributed by atoms with Gasteiger partial charge in [0.05, 0.1) is 24.4 Å². The minimum Gasteiger partial charge on any atom is -0.374 e. The summed E-state index contributed by atoms with van der Waals surface area (Å²) < 4.78 is 26.2. The van der Waals surface area contributed by atoms with Gasteiger partial charge in [-0.05, 0) is 29.8 Å². The highest BCUT2D eigenvalue weighted by molar-refractivity contribution is 5.81. The van der Waals surface area contributed by atoms with E-state index in [2.05, 4.69) is 16.6 Å². The van der Waals surface area contributed by atoms with Crippen molar-refractivity contribution in [3.8, 4) is 6.07 Å². The van der Waals surface area contributed by atoms with E-state index in [0.29, 0.717) is 13.0 Å². The number of nitriles is 1. The molecule has 0 aliphatic rings. The monoisotopic (exact) mass is 314 g/mol. The molecule has 1 N–H and O–H groups in total. The molecule has 0 fully saturated rings. The zero-order chi connectivity index (χ0) is 16.7. The molecular weight excluding hydrogens is 298 g/mol. The lowest BCUT2D eigenvalue weighted by atomic mass is 10.2. The van der Waals surface area contributed by atoms with E-state index >= 15 is 0 Å². The molecule has 2 aromatic carbocycles. The van der Waals surface area contributed by atoms with Crippen molar-refractivity contribution >= 4 is 17.6 Å². The molecule has 0 aromatic heterocycles. The first-order chi connectivity index (χ1) is 11.1. The van der Waals surface area contributed by atoms with Gasteiger partial charge in [-0.3, -0.25) is 5.43 Å². The van der Waals surface area contributed by atoms with Gasteiger partial charge in [0.15, 0.2) is 5.82 Å². The fourth-order valence-corrected chi connectivity index (χ4v) is 1.92. The Morgan fingerprint density at radius 1 is 1.22 bits per heavy atom. The Balaban J connectivity index is 1.96. The Labute approximate surface area is 133 Å². The van der Waals surface area contributed by atoms with Crippen molar-refractivity contribution < 1.29 is 8.78 Å². The van der Waals surface area contributed by atoms with Gasteiger partial charge in [0.1, 0.15) is 5.82 Å². The third-order valence-corrected chi connectivity index (χ3v) is 3.22. The highest BCUT2D eigenvalue weighted by Gasteiger charge is 2.02. The second-order valence-electron chi connectivity index (χ2n) is 4.92. The van der Waals surface area contributed by atoms with Crippen LogP contribution >= 0.6 is 0 Å². The smallest absolute Gasteiger partial charge is 0.151 e. The summed E-state index contributed by atoms with van der Waals surface area (Å²) in [7, 11) is 1.92. The lowest BCUT2D eigenvalue weighted by molar-refractivity contribution is 0.585. The molecule has 6 heteroatoms. The first-order valence-corrected chi connectivity index (χ1v) is 7.02. The SMILES string of the molecule is CN(CCC#N)c1ccc(/C=N\Nc2ccc(F)cc2F)cc1. The molecule has 0 unspecified atom stereocenters. The van der Waals surface area contributed by atoms with E-state index in [1.165, 1.54) is 6.07 Å². The number of halogens is 2. The van der Waals surface area contributed by atoms with Crippen molar-refractivity contribution in [2.75, 3.05) is 23.9 Å². The van der Waals surface area contributed by atoms with Crippen molar-refractivity contribution in [2.45, 2.75) is 6.42 Å². The molecule has 2 rings (SSSR count). The van der Waals surface area contributed by atoms with Crippen LogP contribution in [0.1, 0.15) is 12.0 Å². The van der Waals surface area contributed by atoms with Crippen LogP contribution < -0.4 is 10.3 Å². The van der Waals surface area contributed by atoms with E-state index in [-0.39, 0.29) is 5.69 Å². The van der Waals surface area contributed by atoms with Gasteiger partial charge in [0.25, 0.3) is 0 Å². The number of hydrogen-bond donors (Lipinski definition) is 1. The molecule has 118 valence electrons. The standard InChI is InChI=1S/C17H16F2N4/c1-23(10-2-9-20)15-6-3-13(4-7-15)12-21-22-17-8-5-14(18)11-16(17)19/h3-8,11-12,22H,2,10H2,1H3/b21-12-. The summed E-state index contributed by atoms with van der Waals surface area (Å²) in [5.41, 5.74) is 4.47. The zero-order valence-electron chi connectivity index (χ0n) is 12.6. The second kappa shape index (κ2) is 7.90. The van der Waals surface area contributed by atoms with E-state index in [9.17, 15) is 8.78 Å². The predicted octanol–water partition coefficient (Wildman–Crippen LogP) is 3.76. The maximum atomic E-state index is 13.4. The van der Waals surface area contributed by atoms with Crippen molar-refractivity contribution in [1.82, 2.24) is 0 Å². The third kappa shape index (κ3) is 4.78. The van der Waals surface area contributed by atoms with Crippen LogP contribution in [0.5, 0.6) is 0 Å². The van der Waals surface area contributed by atoms with Gasteiger partial charge in [0, 0.05) is 25.3 Å². The Kier molecular flexibility index (Phi) is 5.64. The minimum absolute atomic E-state index is 0.107. The largest absolute Gasteiger partial charge is 0.374 e. The third-order valence-electron chi connectivity index (χ3n) is 3.22. The number of anilines is 2. The van der Waals surface area contributed by atoms with Crippen LogP contribution in [0.25, 0.3) is 0 Å². The Morgan fingerprint density at radius 3 is 2.61 bits per heavy atom. The summed E-state index contributed by atoms with van der Waals surface area (Å²) >= 11 is 0. The average Bonchev–Trinajstić information content (AvgIpc) is 2.55.